The van der Waals surface area contributed by atoms with Gasteiger partial charge < -0.3 is 24.6 Å². The highest BCUT2D eigenvalue weighted by Gasteiger charge is 2.31. The second-order valence-electron chi connectivity index (χ2n) is 9.33. The highest BCUT2D eigenvalue weighted by atomic mass is 35.5. The quantitative estimate of drug-likeness (QED) is 0.672. The van der Waals surface area contributed by atoms with Gasteiger partial charge in [-0.3, -0.25) is 0 Å². The van der Waals surface area contributed by atoms with Crippen molar-refractivity contribution in [2.45, 2.75) is 50.5 Å². The van der Waals surface area contributed by atoms with Crippen LogP contribution in [-0.4, -0.2) is 66.8 Å². The minimum Gasteiger partial charge on any atom is -0.462 e. The second-order valence-corrected chi connectivity index (χ2v) is 9.73. The van der Waals surface area contributed by atoms with Crippen LogP contribution in [0.1, 0.15) is 42.2 Å². The van der Waals surface area contributed by atoms with Crippen LogP contribution in [0, 0.1) is 11.3 Å². The number of ether oxygens (including phenoxy) is 2. The zero-order chi connectivity index (χ0) is 23.5. The van der Waals surface area contributed by atoms with E-state index in [0.717, 1.165) is 55.2 Å². The Hall–Kier alpha value is -2.44. The predicted molar refractivity (Wildman–Crippen MR) is 130 cm³/mol. The SMILES string of the molecule is CN1CCC[C@H]1COc1nc2c(c(N3CCN[C@@H](CC#N)C3)n1)COC(c1ccccc1Cl)C2. The molecule has 0 bridgehead atoms. The summed E-state index contributed by atoms with van der Waals surface area (Å²) in [7, 11) is 2.14. The van der Waals surface area contributed by atoms with Gasteiger partial charge in [-0.25, -0.2) is 0 Å². The maximum absolute atomic E-state index is 9.18. The molecule has 0 saturated carbocycles. The van der Waals surface area contributed by atoms with Gasteiger partial charge in [0.05, 0.1) is 30.9 Å². The maximum Gasteiger partial charge on any atom is 0.318 e. The number of rotatable bonds is 6. The highest BCUT2D eigenvalue weighted by molar-refractivity contribution is 6.31. The van der Waals surface area contributed by atoms with Crippen molar-refractivity contribution in [2.75, 3.05) is 44.7 Å². The van der Waals surface area contributed by atoms with Gasteiger partial charge in [0, 0.05) is 48.7 Å². The smallest absolute Gasteiger partial charge is 0.318 e. The van der Waals surface area contributed by atoms with Crippen LogP contribution in [0.4, 0.5) is 5.82 Å². The van der Waals surface area contributed by atoms with Crippen LogP contribution in [0.25, 0.3) is 0 Å². The monoisotopic (exact) mass is 482 g/mol. The van der Waals surface area contributed by atoms with Crippen LogP contribution in [0.3, 0.4) is 0 Å². The Bertz CT molecular complexity index is 1060. The molecule has 0 amide bonds. The van der Waals surface area contributed by atoms with E-state index >= 15 is 0 Å². The normalized spacial score (nSPS) is 25.1. The summed E-state index contributed by atoms with van der Waals surface area (Å²) in [5, 5.41) is 13.3. The molecule has 3 aliphatic rings. The summed E-state index contributed by atoms with van der Waals surface area (Å²) >= 11 is 6.47. The van der Waals surface area contributed by atoms with E-state index in [1.807, 2.05) is 24.3 Å². The van der Waals surface area contributed by atoms with Crippen molar-refractivity contribution in [1.82, 2.24) is 20.2 Å². The summed E-state index contributed by atoms with van der Waals surface area (Å²) in [5.74, 6) is 0.863. The molecule has 4 heterocycles. The zero-order valence-corrected chi connectivity index (χ0v) is 20.3. The van der Waals surface area contributed by atoms with Crippen LogP contribution >= 0.6 is 11.6 Å². The number of halogens is 1. The molecule has 0 radical (unpaired) electrons. The Labute approximate surface area is 205 Å². The summed E-state index contributed by atoms with van der Waals surface area (Å²) in [4.78, 5) is 14.3. The average molecular weight is 483 g/mol. The van der Waals surface area contributed by atoms with Gasteiger partial charge in [0.1, 0.15) is 12.4 Å². The third-order valence-corrected chi connectivity index (χ3v) is 7.42. The Balaban J connectivity index is 1.43. The molecule has 1 unspecified atom stereocenters. The van der Waals surface area contributed by atoms with Gasteiger partial charge in [-0.15, -0.1) is 0 Å². The first kappa shape index (κ1) is 23.3. The first-order valence-electron chi connectivity index (χ1n) is 12.1. The molecule has 2 saturated heterocycles. The largest absolute Gasteiger partial charge is 0.462 e. The van der Waals surface area contributed by atoms with Crippen molar-refractivity contribution in [1.29, 1.82) is 5.26 Å². The van der Waals surface area contributed by atoms with Crippen molar-refractivity contribution in [3.05, 3.63) is 46.1 Å². The number of anilines is 1. The number of hydrogen-bond donors (Lipinski definition) is 1. The van der Waals surface area contributed by atoms with E-state index in [0.29, 0.717) is 43.1 Å². The van der Waals surface area contributed by atoms with Crippen LogP contribution in [0.5, 0.6) is 6.01 Å². The molecule has 2 aromatic rings. The summed E-state index contributed by atoms with van der Waals surface area (Å²) in [6.07, 6.45) is 3.24. The number of nitriles is 1. The number of piperazine rings is 1. The Kier molecular flexibility index (Phi) is 7.16. The number of likely N-dealkylation sites (tertiary alicyclic amines) is 1. The summed E-state index contributed by atoms with van der Waals surface area (Å²) in [5.41, 5.74) is 2.93. The molecule has 5 rings (SSSR count). The lowest BCUT2D eigenvalue weighted by Crippen LogP contribution is -2.51. The molecule has 180 valence electrons. The second kappa shape index (κ2) is 10.4. The van der Waals surface area contributed by atoms with Crippen molar-refractivity contribution in [3.8, 4) is 12.1 Å². The van der Waals surface area contributed by atoms with E-state index in [9.17, 15) is 5.26 Å². The number of likely N-dealkylation sites (N-methyl/N-ethyl adjacent to an activating group) is 1. The van der Waals surface area contributed by atoms with Gasteiger partial charge in [-0.2, -0.15) is 15.2 Å². The minimum atomic E-state index is -0.160. The zero-order valence-electron chi connectivity index (χ0n) is 19.5. The van der Waals surface area contributed by atoms with Crippen LogP contribution in [0.15, 0.2) is 24.3 Å². The van der Waals surface area contributed by atoms with E-state index < -0.39 is 0 Å². The topological polar surface area (TPSA) is 86.5 Å². The Morgan fingerprint density at radius 3 is 2.97 bits per heavy atom. The summed E-state index contributed by atoms with van der Waals surface area (Å²) < 4.78 is 12.4. The van der Waals surface area contributed by atoms with Gasteiger partial charge >= 0.3 is 6.01 Å². The van der Waals surface area contributed by atoms with Gasteiger partial charge in [-0.05, 0) is 38.1 Å². The van der Waals surface area contributed by atoms with E-state index in [4.69, 9.17) is 31.0 Å². The van der Waals surface area contributed by atoms with Crippen molar-refractivity contribution in [3.63, 3.8) is 0 Å². The van der Waals surface area contributed by atoms with Gasteiger partial charge in [0.2, 0.25) is 0 Å². The number of fused-ring (bicyclic) bond motifs is 1. The van der Waals surface area contributed by atoms with Crippen molar-refractivity contribution >= 4 is 17.4 Å². The lowest BCUT2D eigenvalue weighted by molar-refractivity contribution is 0.0256. The van der Waals surface area contributed by atoms with Gasteiger partial charge in [0.25, 0.3) is 0 Å². The highest BCUT2D eigenvalue weighted by Crippen LogP contribution is 2.37. The van der Waals surface area contributed by atoms with E-state index in [1.165, 1.54) is 6.42 Å². The third kappa shape index (κ3) is 4.98. The average Bonchev–Trinajstić information content (AvgIpc) is 3.27. The lowest BCUT2D eigenvalue weighted by atomic mass is 9.99. The molecule has 2 fully saturated rings. The molecule has 1 aromatic carbocycles. The van der Waals surface area contributed by atoms with E-state index in [-0.39, 0.29) is 12.1 Å². The lowest BCUT2D eigenvalue weighted by Gasteiger charge is -2.36. The van der Waals surface area contributed by atoms with Gasteiger partial charge in [0.15, 0.2) is 0 Å². The van der Waals surface area contributed by atoms with Crippen LogP contribution in [-0.2, 0) is 17.8 Å². The molecule has 0 spiro atoms. The number of aromatic nitrogens is 2. The number of nitrogens with one attached hydrogen (secondary N) is 1. The fourth-order valence-electron chi connectivity index (χ4n) is 5.12. The number of nitrogens with zero attached hydrogens (tertiary/aromatic N) is 5. The summed E-state index contributed by atoms with van der Waals surface area (Å²) in [6.45, 7) is 4.43. The number of benzene rings is 1. The van der Waals surface area contributed by atoms with Crippen molar-refractivity contribution < 1.29 is 9.47 Å². The Morgan fingerprint density at radius 2 is 2.18 bits per heavy atom. The molecule has 3 atom stereocenters. The fraction of sp³-hybridized carbons (Fsp3) is 0.560. The first-order valence-corrected chi connectivity index (χ1v) is 12.4. The molecular weight excluding hydrogens is 452 g/mol. The van der Waals surface area contributed by atoms with Gasteiger partial charge in [-0.1, -0.05) is 29.8 Å². The number of hydrogen-bond acceptors (Lipinski definition) is 8. The molecule has 1 N–H and O–H groups in total. The molecule has 0 aliphatic carbocycles. The van der Waals surface area contributed by atoms with E-state index in [1.54, 1.807) is 0 Å². The molecule has 9 heteroatoms. The third-order valence-electron chi connectivity index (χ3n) is 7.08. The summed E-state index contributed by atoms with van der Waals surface area (Å²) in [6, 6.07) is 11.0. The van der Waals surface area contributed by atoms with Crippen LogP contribution in [0.2, 0.25) is 5.02 Å². The fourth-order valence-corrected chi connectivity index (χ4v) is 5.38. The molecule has 8 nitrogen and oxygen atoms in total. The maximum atomic E-state index is 9.18. The van der Waals surface area contributed by atoms with Crippen molar-refractivity contribution in [2.24, 2.45) is 0 Å². The first-order chi connectivity index (χ1) is 16.6. The van der Waals surface area contributed by atoms with Crippen LogP contribution < -0.4 is 15.0 Å². The minimum absolute atomic E-state index is 0.112. The molecule has 1 aromatic heterocycles. The van der Waals surface area contributed by atoms with E-state index in [2.05, 4.69) is 28.2 Å². The predicted octanol–water partition coefficient (Wildman–Crippen LogP) is 3.11. The standard InChI is InChI=1S/C25H31ClN6O2/c1-31-11-4-5-18(31)15-34-25-29-22-13-23(19-6-2-3-7-21(19)26)33-16-20(22)24(30-25)32-12-10-28-17(14-32)8-9-27/h2-3,6-7,17-18,23,28H,4-5,8,10-16H2,1H3/t17-,18-,23?/m0/s1. The Morgan fingerprint density at radius 1 is 1.29 bits per heavy atom. The molecular formula is C25H31ClN6O2. The molecule has 34 heavy (non-hydrogen) atoms. The molecule has 3 aliphatic heterocycles.